The second kappa shape index (κ2) is 7.09. The molecule has 0 aliphatic heterocycles. The number of pyridine rings is 1. The molecule has 0 atom stereocenters. The molecule has 0 saturated carbocycles. The summed E-state index contributed by atoms with van der Waals surface area (Å²) in [4.78, 5) is 12.6. The van der Waals surface area contributed by atoms with Crippen molar-refractivity contribution < 1.29 is 0 Å². The van der Waals surface area contributed by atoms with Gasteiger partial charge in [-0.15, -0.1) is 0 Å². The van der Waals surface area contributed by atoms with Gasteiger partial charge in [-0.1, -0.05) is 31.5 Å². The van der Waals surface area contributed by atoms with Crippen molar-refractivity contribution in [2.24, 2.45) is 0 Å². The van der Waals surface area contributed by atoms with E-state index in [2.05, 4.69) is 45.0 Å². The van der Waals surface area contributed by atoms with Gasteiger partial charge in [-0.05, 0) is 49.1 Å². The van der Waals surface area contributed by atoms with Crippen LogP contribution in [0, 0.1) is 25.2 Å². The SMILES string of the molecule is CCCCn1c(-c2ccc(C)c(C)c2)ccc(CC#N)c1=O. The van der Waals surface area contributed by atoms with Crippen molar-refractivity contribution in [3.63, 3.8) is 0 Å². The van der Waals surface area contributed by atoms with Crippen molar-refractivity contribution in [2.75, 3.05) is 0 Å². The fourth-order valence-electron chi connectivity index (χ4n) is 2.53. The fourth-order valence-corrected chi connectivity index (χ4v) is 2.53. The zero-order chi connectivity index (χ0) is 16.1. The van der Waals surface area contributed by atoms with Gasteiger partial charge in [-0.25, -0.2) is 0 Å². The Morgan fingerprint density at radius 1 is 1.14 bits per heavy atom. The molecule has 0 saturated heterocycles. The number of rotatable bonds is 5. The van der Waals surface area contributed by atoms with Gasteiger partial charge >= 0.3 is 0 Å². The summed E-state index contributed by atoms with van der Waals surface area (Å²) in [5.41, 5.74) is 4.99. The maximum atomic E-state index is 12.6. The van der Waals surface area contributed by atoms with Crippen molar-refractivity contribution in [3.8, 4) is 17.3 Å². The molecule has 2 aromatic rings. The maximum Gasteiger partial charge on any atom is 0.255 e. The lowest BCUT2D eigenvalue weighted by Gasteiger charge is -2.15. The van der Waals surface area contributed by atoms with Crippen LogP contribution in [0.25, 0.3) is 11.3 Å². The van der Waals surface area contributed by atoms with E-state index in [0.717, 1.165) is 24.1 Å². The number of nitriles is 1. The highest BCUT2D eigenvalue weighted by Crippen LogP contribution is 2.22. The topological polar surface area (TPSA) is 45.8 Å². The Bertz CT molecular complexity index is 766. The molecular formula is C19H22N2O. The van der Waals surface area contributed by atoms with Gasteiger partial charge in [0.15, 0.2) is 0 Å². The second-order valence-electron chi connectivity index (χ2n) is 5.69. The Hall–Kier alpha value is -2.34. The van der Waals surface area contributed by atoms with Gasteiger partial charge in [0.25, 0.3) is 5.56 Å². The first-order chi connectivity index (χ1) is 10.6. The molecule has 1 aromatic heterocycles. The number of aryl methyl sites for hydroxylation is 2. The third kappa shape index (κ3) is 3.28. The number of unbranched alkanes of at least 4 members (excludes halogenated alkanes) is 1. The van der Waals surface area contributed by atoms with Crippen LogP contribution in [0.15, 0.2) is 35.1 Å². The molecule has 1 aromatic carbocycles. The molecule has 2 rings (SSSR count). The van der Waals surface area contributed by atoms with Crippen molar-refractivity contribution in [3.05, 3.63) is 57.4 Å². The van der Waals surface area contributed by atoms with E-state index in [4.69, 9.17) is 5.26 Å². The lowest BCUT2D eigenvalue weighted by Crippen LogP contribution is -2.25. The summed E-state index contributed by atoms with van der Waals surface area (Å²) in [5, 5.41) is 8.87. The molecule has 0 spiro atoms. The van der Waals surface area contributed by atoms with Crippen LogP contribution in [-0.4, -0.2) is 4.57 Å². The summed E-state index contributed by atoms with van der Waals surface area (Å²) in [7, 11) is 0. The van der Waals surface area contributed by atoms with Crippen LogP contribution in [0.4, 0.5) is 0 Å². The lowest BCUT2D eigenvalue weighted by molar-refractivity contribution is 0.615. The van der Waals surface area contributed by atoms with Gasteiger partial charge in [0.05, 0.1) is 18.2 Å². The van der Waals surface area contributed by atoms with E-state index in [9.17, 15) is 4.79 Å². The number of hydrogen-bond donors (Lipinski definition) is 0. The zero-order valence-corrected chi connectivity index (χ0v) is 13.5. The lowest BCUT2D eigenvalue weighted by atomic mass is 10.0. The van der Waals surface area contributed by atoms with Gasteiger partial charge in [0.1, 0.15) is 0 Å². The first-order valence-corrected chi connectivity index (χ1v) is 7.75. The van der Waals surface area contributed by atoms with E-state index < -0.39 is 0 Å². The molecule has 114 valence electrons. The van der Waals surface area contributed by atoms with Crippen molar-refractivity contribution in [1.82, 2.24) is 4.57 Å². The Morgan fingerprint density at radius 2 is 1.91 bits per heavy atom. The Kier molecular flexibility index (Phi) is 5.16. The first-order valence-electron chi connectivity index (χ1n) is 7.75. The van der Waals surface area contributed by atoms with Crippen molar-refractivity contribution in [1.29, 1.82) is 5.26 Å². The van der Waals surface area contributed by atoms with E-state index in [1.165, 1.54) is 11.1 Å². The molecule has 0 bridgehead atoms. The summed E-state index contributed by atoms with van der Waals surface area (Å²) < 4.78 is 1.82. The molecule has 22 heavy (non-hydrogen) atoms. The number of benzene rings is 1. The molecule has 3 heteroatoms. The minimum Gasteiger partial charge on any atom is -0.308 e. The molecule has 3 nitrogen and oxygen atoms in total. The van der Waals surface area contributed by atoms with Gasteiger partial charge in [-0.2, -0.15) is 5.26 Å². The van der Waals surface area contributed by atoms with E-state index >= 15 is 0 Å². The van der Waals surface area contributed by atoms with E-state index in [-0.39, 0.29) is 12.0 Å². The van der Waals surface area contributed by atoms with Crippen LogP contribution in [-0.2, 0) is 13.0 Å². The molecule has 0 radical (unpaired) electrons. The predicted molar refractivity (Wildman–Crippen MR) is 89.8 cm³/mol. The highest BCUT2D eigenvalue weighted by Gasteiger charge is 2.10. The van der Waals surface area contributed by atoms with E-state index in [0.29, 0.717) is 12.1 Å². The summed E-state index contributed by atoms with van der Waals surface area (Å²) in [6.07, 6.45) is 2.15. The Balaban J connectivity index is 2.59. The van der Waals surface area contributed by atoms with E-state index in [1.807, 2.05) is 10.6 Å². The highest BCUT2D eigenvalue weighted by molar-refractivity contribution is 5.61. The van der Waals surface area contributed by atoms with Crippen molar-refractivity contribution in [2.45, 2.75) is 46.6 Å². The van der Waals surface area contributed by atoms with Crippen molar-refractivity contribution >= 4 is 0 Å². The molecule has 0 unspecified atom stereocenters. The van der Waals surface area contributed by atoms with Crippen LogP contribution in [0.2, 0.25) is 0 Å². The maximum absolute atomic E-state index is 12.6. The minimum absolute atomic E-state index is 0.0364. The van der Waals surface area contributed by atoms with Crippen LogP contribution >= 0.6 is 0 Å². The quantitative estimate of drug-likeness (QED) is 0.836. The molecule has 0 N–H and O–H groups in total. The Morgan fingerprint density at radius 3 is 2.55 bits per heavy atom. The Labute approximate surface area is 131 Å². The van der Waals surface area contributed by atoms with Gasteiger partial charge in [0.2, 0.25) is 0 Å². The fraction of sp³-hybridized carbons (Fsp3) is 0.368. The molecule has 1 heterocycles. The van der Waals surface area contributed by atoms with E-state index in [1.54, 1.807) is 6.07 Å². The third-order valence-corrected chi connectivity index (χ3v) is 4.06. The molecule has 0 amide bonds. The van der Waals surface area contributed by atoms with Gasteiger partial charge < -0.3 is 4.57 Å². The third-order valence-electron chi connectivity index (χ3n) is 4.06. The summed E-state index contributed by atoms with van der Waals surface area (Å²) in [6.45, 7) is 6.97. The zero-order valence-electron chi connectivity index (χ0n) is 13.5. The molecule has 0 aliphatic carbocycles. The van der Waals surface area contributed by atoms with Crippen LogP contribution in [0.1, 0.15) is 36.5 Å². The van der Waals surface area contributed by atoms with Gasteiger partial charge in [-0.3, -0.25) is 4.79 Å². The predicted octanol–water partition coefficient (Wildman–Crippen LogP) is 4.00. The smallest absolute Gasteiger partial charge is 0.255 e. The average molecular weight is 294 g/mol. The minimum atomic E-state index is -0.0364. The molecular weight excluding hydrogens is 272 g/mol. The molecule has 0 aliphatic rings. The summed E-state index contributed by atoms with van der Waals surface area (Å²) in [5.74, 6) is 0. The van der Waals surface area contributed by atoms with Crippen LogP contribution in [0.3, 0.4) is 0 Å². The number of hydrogen-bond acceptors (Lipinski definition) is 2. The standard InChI is InChI=1S/C19H22N2O/c1-4-5-12-21-18(9-8-16(10-11-20)19(21)22)17-7-6-14(2)15(3)13-17/h6-9,13H,4-5,10,12H2,1-3H3. The number of nitrogens with zero attached hydrogens (tertiary/aromatic N) is 2. The van der Waals surface area contributed by atoms with Gasteiger partial charge in [0, 0.05) is 12.1 Å². The average Bonchev–Trinajstić information content (AvgIpc) is 2.51. The number of aromatic nitrogens is 1. The monoisotopic (exact) mass is 294 g/mol. The van der Waals surface area contributed by atoms with Crippen LogP contribution < -0.4 is 5.56 Å². The molecule has 0 fully saturated rings. The largest absolute Gasteiger partial charge is 0.308 e. The van der Waals surface area contributed by atoms with Crippen LogP contribution in [0.5, 0.6) is 0 Å². The normalized spacial score (nSPS) is 10.5. The highest BCUT2D eigenvalue weighted by atomic mass is 16.1. The summed E-state index contributed by atoms with van der Waals surface area (Å²) in [6, 6.07) is 12.1. The summed E-state index contributed by atoms with van der Waals surface area (Å²) >= 11 is 0. The first kappa shape index (κ1) is 16.0. The second-order valence-corrected chi connectivity index (χ2v) is 5.69.